The molecule has 2 aliphatic rings. The number of carbonyl (C=O) groups is 4. The van der Waals surface area contributed by atoms with Crippen molar-refractivity contribution in [3.8, 4) is 0 Å². The quantitative estimate of drug-likeness (QED) is 0.719. The highest BCUT2D eigenvalue weighted by atomic mass is 16.2. The van der Waals surface area contributed by atoms with Gasteiger partial charge < -0.3 is 0 Å². The summed E-state index contributed by atoms with van der Waals surface area (Å²) in [7, 11) is 0. The first kappa shape index (κ1) is 18.8. The minimum atomic E-state index is -0.255. The predicted molar refractivity (Wildman–Crippen MR) is 99.5 cm³/mol. The predicted octanol–water partition coefficient (Wildman–Crippen LogP) is 1.71. The van der Waals surface area contributed by atoms with Gasteiger partial charge in [-0.25, -0.2) is 0 Å². The van der Waals surface area contributed by atoms with E-state index in [4.69, 9.17) is 0 Å². The Labute approximate surface area is 158 Å². The molecule has 0 saturated carbocycles. The normalized spacial score (nSPS) is 17.1. The zero-order chi connectivity index (χ0) is 19.7. The lowest BCUT2D eigenvalue weighted by Crippen LogP contribution is -2.33. The van der Waals surface area contributed by atoms with Crippen LogP contribution in [-0.4, -0.2) is 46.5 Å². The Morgan fingerprint density at radius 3 is 1.70 bits per heavy atom. The lowest BCUT2D eigenvalue weighted by atomic mass is 10.0. The minimum Gasteiger partial charge on any atom is -0.275 e. The van der Waals surface area contributed by atoms with Crippen molar-refractivity contribution in [1.29, 1.82) is 0 Å². The Kier molecular flexibility index (Phi) is 5.08. The number of hydrogen-bond donors (Lipinski definition) is 0. The molecule has 0 aromatic heterocycles. The standard InChI is InChI=1S/C21H22N2O4/c1-13-10-16(6-8-22-18(24)11-14(2)20(22)26)4-5-17(13)7-9-23-19(25)12-15(3)21(23)27/h4-5,10-12H,6-9H2,1-3H3. The van der Waals surface area contributed by atoms with E-state index >= 15 is 0 Å². The van der Waals surface area contributed by atoms with Crippen LogP contribution in [0.2, 0.25) is 0 Å². The van der Waals surface area contributed by atoms with Crippen LogP contribution in [0.3, 0.4) is 0 Å². The summed E-state index contributed by atoms with van der Waals surface area (Å²) in [5.41, 5.74) is 4.11. The molecule has 3 rings (SSSR count). The zero-order valence-corrected chi connectivity index (χ0v) is 15.7. The molecular weight excluding hydrogens is 344 g/mol. The molecule has 6 nitrogen and oxygen atoms in total. The van der Waals surface area contributed by atoms with Crippen molar-refractivity contribution in [2.75, 3.05) is 13.1 Å². The van der Waals surface area contributed by atoms with Gasteiger partial charge in [0, 0.05) is 36.4 Å². The fourth-order valence-electron chi connectivity index (χ4n) is 3.37. The molecule has 2 heterocycles. The van der Waals surface area contributed by atoms with E-state index in [0.717, 1.165) is 16.7 Å². The third kappa shape index (κ3) is 3.74. The molecule has 0 unspecified atom stereocenters. The van der Waals surface area contributed by atoms with Crippen molar-refractivity contribution in [3.63, 3.8) is 0 Å². The topological polar surface area (TPSA) is 74.8 Å². The van der Waals surface area contributed by atoms with Crippen molar-refractivity contribution in [2.45, 2.75) is 33.6 Å². The van der Waals surface area contributed by atoms with Crippen molar-refractivity contribution in [1.82, 2.24) is 9.80 Å². The number of carbonyl (C=O) groups excluding carboxylic acids is 4. The van der Waals surface area contributed by atoms with Gasteiger partial charge in [-0.1, -0.05) is 18.2 Å². The maximum absolute atomic E-state index is 11.9. The van der Waals surface area contributed by atoms with Gasteiger partial charge in [-0.2, -0.15) is 0 Å². The summed E-state index contributed by atoms with van der Waals surface area (Å²) in [6.45, 7) is 5.98. The monoisotopic (exact) mass is 366 g/mol. The van der Waals surface area contributed by atoms with Gasteiger partial charge in [0.2, 0.25) is 0 Å². The molecule has 0 fully saturated rings. The third-order valence-corrected chi connectivity index (χ3v) is 5.01. The average Bonchev–Trinajstić information content (AvgIpc) is 3.00. The molecule has 1 aromatic rings. The number of benzene rings is 1. The van der Waals surface area contributed by atoms with Gasteiger partial charge in [-0.3, -0.25) is 29.0 Å². The van der Waals surface area contributed by atoms with E-state index < -0.39 is 0 Å². The molecule has 1 aromatic carbocycles. The first-order valence-corrected chi connectivity index (χ1v) is 8.94. The number of amides is 4. The van der Waals surface area contributed by atoms with Gasteiger partial charge in [-0.15, -0.1) is 0 Å². The van der Waals surface area contributed by atoms with Gasteiger partial charge >= 0.3 is 0 Å². The van der Waals surface area contributed by atoms with Crippen molar-refractivity contribution in [2.24, 2.45) is 0 Å². The summed E-state index contributed by atoms with van der Waals surface area (Å²) >= 11 is 0. The SMILES string of the molecule is CC1=CC(=O)N(CCc2ccc(CCN3C(=O)C=C(C)C3=O)c(C)c2)C1=O. The number of rotatable bonds is 6. The van der Waals surface area contributed by atoms with Crippen LogP contribution in [0.1, 0.15) is 30.5 Å². The smallest absolute Gasteiger partial charge is 0.256 e. The summed E-state index contributed by atoms with van der Waals surface area (Å²) in [5.74, 6) is -0.958. The molecular formula is C21H22N2O4. The average molecular weight is 366 g/mol. The maximum atomic E-state index is 11.9. The van der Waals surface area contributed by atoms with Crippen molar-refractivity contribution >= 4 is 23.6 Å². The van der Waals surface area contributed by atoms with Crippen LogP contribution in [0.5, 0.6) is 0 Å². The van der Waals surface area contributed by atoms with Crippen LogP contribution in [0.25, 0.3) is 0 Å². The van der Waals surface area contributed by atoms with E-state index in [1.807, 2.05) is 25.1 Å². The van der Waals surface area contributed by atoms with E-state index in [9.17, 15) is 19.2 Å². The number of imide groups is 2. The minimum absolute atomic E-state index is 0.224. The first-order chi connectivity index (χ1) is 12.8. The highest BCUT2D eigenvalue weighted by Crippen LogP contribution is 2.18. The number of aryl methyl sites for hydroxylation is 1. The van der Waals surface area contributed by atoms with Crippen LogP contribution < -0.4 is 0 Å². The van der Waals surface area contributed by atoms with Crippen LogP contribution >= 0.6 is 0 Å². The molecule has 27 heavy (non-hydrogen) atoms. The number of hydrogen-bond acceptors (Lipinski definition) is 4. The molecule has 0 spiro atoms. The molecule has 0 saturated heterocycles. The first-order valence-electron chi connectivity index (χ1n) is 8.94. The second-order valence-electron chi connectivity index (χ2n) is 7.01. The fraction of sp³-hybridized carbons (Fsp3) is 0.333. The van der Waals surface area contributed by atoms with Gasteiger partial charge in [0.15, 0.2) is 0 Å². The van der Waals surface area contributed by atoms with Gasteiger partial charge in [-0.05, 0) is 50.3 Å². The largest absolute Gasteiger partial charge is 0.275 e. The van der Waals surface area contributed by atoms with Crippen LogP contribution in [-0.2, 0) is 32.0 Å². The van der Waals surface area contributed by atoms with Crippen LogP contribution in [0, 0.1) is 6.92 Å². The van der Waals surface area contributed by atoms with Gasteiger partial charge in [0.1, 0.15) is 0 Å². The van der Waals surface area contributed by atoms with Crippen LogP contribution in [0.4, 0.5) is 0 Å². The molecule has 4 amide bonds. The van der Waals surface area contributed by atoms with E-state index in [-0.39, 0.29) is 23.6 Å². The Balaban J connectivity index is 1.58. The zero-order valence-electron chi connectivity index (χ0n) is 15.7. The maximum Gasteiger partial charge on any atom is 0.256 e. The molecule has 0 atom stereocenters. The summed E-state index contributed by atoms with van der Waals surface area (Å²) < 4.78 is 0. The summed E-state index contributed by atoms with van der Waals surface area (Å²) in [6, 6.07) is 5.97. The lowest BCUT2D eigenvalue weighted by molar-refractivity contribution is -0.138. The second-order valence-corrected chi connectivity index (χ2v) is 7.01. The van der Waals surface area contributed by atoms with E-state index in [1.54, 1.807) is 13.8 Å². The summed E-state index contributed by atoms with van der Waals surface area (Å²) in [4.78, 5) is 50.0. The van der Waals surface area contributed by atoms with Crippen LogP contribution in [0.15, 0.2) is 41.5 Å². The van der Waals surface area contributed by atoms with E-state index in [0.29, 0.717) is 37.1 Å². The number of nitrogens with zero attached hydrogens (tertiary/aromatic N) is 2. The molecule has 6 heteroatoms. The van der Waals surface area contributed by atoms with Gasteiger partial charge in [0.25, 0.3) is 23.6 Å². The fourth-order valence-corrected chi connectivity index (χ4v) is 3.37. The van der Waals surface area contributed by atoms with Crippen molar-refractivity contribution in [3.05, 3.63) is 58.2 Å². The molecule has 0 N–H and O–H groups in total. The molecule has 140 valence electrons. The Morgan fingerprint density at radius 2 is 1.26 bits per heavy atom. The van der Waals surface area contributed by atoms with Crippen molar-refractivity contribution < 1.29 is 19.2 Å². The van der Waals surface area contributed by atoms with E-state index in [2.05, 4.69) is 0 Å². The van der Waals surface area contributed by atoms with E-state index in [1.165, 1.54) is 22.0 Å². The summed E-state index contributed by atoms with van der Waals surface area (Å²) in [6.07, 6.45) is 3.92. The molecule has 0 aliphatic carbocycles. The Hall–Kier alpha value is -3.02. The molecule has 2 aliphatic heterocycles. The third-order valence-electron chi connectivity index (χ3n) is 5.01. The Bertz CT molecular complexity index is 911. The lowest BCUT2D eigenvalue weighted by Gasteiger charge is -2.17. The highest BCUT2D eigenvalue weighted by Gasteiger charge is 2.28. The van der Waals surface area contributed by atoms with Gasteiger partial charge in [0.05, 0.1) is 0 Å². The Morgan fingerprint density at radius 1 is 0.741 bits per heavy atom. The summed E-state index contributed by atoms with van der Waals surface area (Å²) in [5, 5.41) is 0. The second kappa shape index (κ2) is 7.31. The molecule has 0 radical (unpaired) electrons. The highest BCUT2D eigenvalue weighted by molar-refractivity contribution is 6.16. The molecule has 0 bridgehead atoms.